The molecule has 0 radical (unpaired) electrons. The Morgan fingerprint density at radius 2 is 2.42 bits per heavy atom. The van der Waals surface area contributed by atoms with Gasteiger partial charge in [-0.2, -0.15) is 0 Å². The minimum Gasteiger partial charge on any atom is -0.319 e. The quantitative estimate of drug-likeness (QED) is 0.910. The van der Waals surface area contributed by atoms with Crippen LogP contribution in [-0.4, -0.2) is 47.9 Å². The molecule has 5 heteroatoms. The number of thiophene rings is 1. The lowest BCUT2D eigenvalue weighted by Gasteiger charge is -2.30. The molecule has 3 heterocycles. The summed E-state index contributed by atoms with van der Waals surface area (Å²) in [5, 5.41) is 5.41. The molecule has 2 saturated heterocycles. The van der Waals surface area contributed by atoms with Crippen LogP contribution >= 0.6 is 11.3 Å². The van der Waals surface area contributed by atoms with Crippen LogP contribution in [0, 0.1) is 0 Å². The smallest absolute Gasteiger partial charge is 0.238 e. The first kappa shape index (κ1) is 13.1. The van der Waals surface area contributed by atoms with Crippen molar-refractivity contribution >= 4 is 17.2 Å². The van der Waals surface area contributed by atoms with Gasteiger partial charge in [-0.1, -0.05) is 13.0 Å². The average Bonchev–Trinajstić information content (AvgIpc) is 3.12. The van der Waals surface area contributed by atoms with E-state index in [0.29, 0.717) is 12.6 Å². The molecule has 0 spiro atoms. The van der Waals surface area contributed by atoms with Crippen molar-refractivity contribution < 1.29 is 4.79 Å². The molecule has 2 aliphatic rings. The van der Waals surface area contributed by atoms with Gasteiger partial charge in [0.25, 0.3) is 0 Å². The van der Waals surface area contributed by atoms with E-state index in [1.54, 1.807) is 11.3 Å². The van der Waals surface area contributed by atoms with Crippen molar-refractivity contribution in [3.8, 4) is 0 Å². The Balaban J connectivity index is 1.72. The van der Waals surface area contributed by atoms with Crippen molar-refractivity contribution in [2.75, 3.05) is 26.2 Å². The molecule has 3 rings (SSSR count). The van der Waals surface area contributed by atoms with Gasteiger partial charge in [0.15, 0.2) is 0 Å². The van der Waals surface area contributed by atoms with Crippen LogP contribution in [0.1, 0.15) is 30.8 Å². The molecule has 1 aromatic heterocycles. The SMILES string of the molecule is CCN1CCCC1CN1C(=O)CNC1c1cccs1. The van der Waals surface area contributed by atoms with Crippen molar-refractivity contribution in [1.29, 1.82) is 0 Å². The van der Waals surface area contributed by atoms with E-state index in [4.69, 9.17) is 0 Å². The predicted octanol–water partition coefficient (Wildman–Crippen LogP) is 1.66. The van der Waals surface area contributed by atoms with Crippen LogP contribution in [0.4, 0.5) is 0 Å². The Morgan fingerprint density at radius 3 is 3.16 bits per heavy atom. The van der Waals surface area contributed by atoms with Gasteiger partial charge in [0, 0.05) is 17.5 Å². The maximum absolute atomic E-state index is 12.1. The molecule has 0 aliphatic carbocycles. The third-order valence-corrected chi connectivity index (χ3v) is 5.13. The van der Waals surface area contributed by atoms with Gasteiger partial charge in [0.1, 0.15) is 6.17 Å². The van der Waals surface area contributed by atoms with Crippen LogP contribution in [-0.2, 0) is 4.79 Å². The summed E-state index contributed by atoms with van der Waals surface area (Å²) in [6, 6.07) is 4.70. The van der Waals surface area contributed by atoms with Crippen LogP contribution in [0.15, 0.2) is 17.5 Å². The highest BCUT2D eigenvalue weighted by Crippen LogP contribution is 2.28. The predicted molar refractivity (Wildman–Crippen MR) is 77.0 cm³/mol. The molecule has 2 atom stereocenters. The highest BCUT2D eigenvalue weighted by Gasteiger charge is 2.35. The standard InChI is InChI=1S/C14H21N3OS/c1-2-16-7-3-5-11(16)10-17-13(18)9-15-14(17)12-6-4-8-19-12/h4,6,8,11,14-15H,2-3,5,7,9-10H2,1H3. The molecule has 2 fully saturated rings. The summed E-state index contributed by atoms with van der Waals surface area (Å²) in [7, 11) is 0. The molecule has 1 N–H and O–H groups in total. The zero-order valence-corrected chi connectivity index (χ0v) is 12.2. The summed E-state index contributed by atoms with van der Waals surface area (Å²) < 4.78 is 0. The summed E-state index contributed by atoms with van der Waals surface area (Å²) in [6.45, 7) is 5.81. The zero-order chi connectivity index (χ0) is 13.2. The van der Waals surface area contributed by atoms with E-state index in [1.807, 2.05) is 4.90 Å². The molecular weight excluding hydrogens is 258 g/mol. The number of carbonyl (C=O) groups excluding carboxylic acids is 1. The van der Waals surface area contributed by atoms with Crippen molar-refractivity contribution in [2.24, 2.45) is 0 Å². The van der Waals surface area contributed by atoms with Gasteiger partial charge in [-0.15, -0.1) is 11.3 Å². The first-order valence-corrected chi connectivity index (χ1v) is 7.98. The van der Waals surface area contributed by atoms with E-state index in [0.717, 1.165) is 13.1 Å². The molecule has 0 saturated carbocycles. The fourth-order valence-corrected chi connectivity index (χ4v) is 4.00. The van der Waals surface area contributed by atoms with E-state index in [1.165, 1.54) is 24.3 Å². The molecule has 0 bridgehead atoms. The first-order valence-electron chi connectivity index (χ1n) is 7.10. The summed E-state index contributed by atoms with van der Waals surface area (Å²) in [6.07, 6.45) is 2.57. The molecular formula is C14H21N3OS. The third kappa shape index (κ3) is 2.55. The molecule has 0 aromatic carbocycles. The Kier molecular flexibility index (Phi) is 3.86. The molecule has 4 nitrogen and oxygen atoms in total. The first-order chi connectivity index (χ1) is 9.29. The normalized spacial score (nSPS) is 28.5. The Bertz CT molecular complexity index is 434. The minimum atomic E-state index is 0.0896. The Hall–Kier alpha value is -0.910. The zero-order valence-electron chi connectivity index (χ0n) is 11.3. The van der Waals surface area contributed by atoms with Crippen molar-refractivity contribution in [2.45, 2.75) is 32.0 Å². The minimum absolute atomic E-state index is 0.0896. The number of hydrogen-bond acceptors (Lipinski definition) is 4. The molecule has 2 unspecified atom stereocenters. The van der Waals surface area contributed by atoms with Crippen molar-refractivity contribution in [3.63, 3.8) is 0 Å². The van der Waals surface area contributed by atoms with Crippen LogP contribution in [0.3, 0.4) is 0 Å². The highest BCUT2D eigenvalue weighted by molar-refractivity contribution is 7.10. The van der Waals surface area contributed by atoms with Crippen molar-refractivity contribution in [1.82, 2.24) is 15.1 Å². The largest absolute Gasteiger partial charge is 0.319 e. The highest BCUT2D eigenvalue weighted by atomic mass is 32.1. The maximum atomic E-state index is 12.1. The number of hydrogen-bond donors (Lipinski definition) is 1. The lowest BCUT2D eigenvalue weighted by Crippen LogP contribution is -2.42. The molecule has 1 amide bonds. The van der Waals surface area contributed by atoms with Gasteiger partial charge >= 0.3 is 0 Å². The van der Waals surface area contributed by atoms with E-state index in [9.17, 15) is 4.79 Å². The second-order valence-corrected chi connectivity index (χ2v) is 6.25. The van der Waals surface area contributed by atoms with E-state index in [2.05, 4.69) is 34.7 Å². The molecule has 1 aromatic rings. The monoisotopic (exact) mass is 279 g/mol. The maximum Gasteiger partial charge on any atom is 0.238 e. The van der Waals surface area contributed by atoms with Gasteiger partial charge in [0.2, 0.25) is 5.91 Å². The Morgan fingerprint density at radius 1 is 1.53 bits per heavy atom. The van der Waals surface area contributed by atoms with Gasteiger partial charge in [0.05, 0.1) is 6.54 Å². The lowest BCUT2D eigenvalue weighted by atomic mass is 10.2. The third-order valence-electron chi connectivity index (χ3n) is 4.20. The number of rotatable bonds is 4. The number of likely N-dealkylation sites (tertiary alicyclic amines) is 1. The average molecular weight is 279 g/mol. The van der Waals surface area contributed by atoms with Crippen LogP contribution in [0.2, 0.25) is 0 Å². The summed E-state index contributed by atoms with van der Waals surface area (Å²) >= 11 is 1.72. The Labute approximate surface area is 118 Å². The van der Waals surface area contributed by atoms with Crippen molar-refractivity contribution in [3.05, 3.63) is 22.4 Å². The van der Waals surface area contributed by atoms with Crippen LogP contribution in [0.25, 0.3) is 0 Å². The van der Waals surface area contributed by atoms with Crippen LogP contribution < -0.4 is 5.32 Å². The number of nitrogens with one attached hydrogen (secondary N) is 1. The summed E-state index contributed by atoms with van der Waals surface area (Å²) in [5.41, 5.74) is 0. The lowest BCUT2D eigenvalue weighted by molar-refractivity contribution is -0.128. The van der Waals surface area contributed by atoms with E-state index < -0.39 is 0 Å². The van der Waals surface area contributed by atoms with Gasteiger partial charge in [-0.25, -0.2) is 0 Å². The van der Waals surface area contributed by atoms with Gasteiger partial charge in [-0.3, -0.25) is 15.0 Å². The number of amides is 1. The summed E-state index contributed by atoms with van der Waals surface area (Å²) in [4.78, 5) is 17.9. The number of carbonyl (C=O) groups is 1. The fourth-order valence-electron chi connectivity index (χ4n) is 3.19. The topological polar surface area (TPSA) is 35.6 Å². The molecule has 2 aliphatic heterocycles. The van der Waals surface area contributed by atoms with E-state index in [-0.39, 0.29) is 12.1 Å². The molecule has 19 heavy (non-hydrogen) atoms. The van der Waals surface area contributed by atoms with E-state index >= 15 is 0 Å². The molecule has 104 valence electrons. The second-order valence-electron chi connectivity index (χ2n) is 5.27. The summed E-state index contributed by atoms with van der Waals surface area (Å²) in [5.74, 6) is 0.237. The fraction of sp³-hybridized carbons (Fsp3) is 0.643. The van der Waals surface area contributed by atoms with Gasteiger partial charge in [-0.05, 0) is 37.4 Å². The van der Waals surface area contributed by atoms with Crippen LogP contribution in [0.5, 0.6) is 0 Å². The van der Waals surface area contributed by atoms with Gasteiger partial charge < -0.3 is 4.90 Å². The number of likely N-dealkylation sites (N-methyl/N-ethyl adjacent to an activating group) is 1. The number of nitrogens with zero attached hydrogens (tertiary/aromatic N) is 2. The second kappa shape index (κ2) is 5.61.